The highest BCUT2D eigenvalue weighted by Gasteiger charge is 2.36. The standard InChI is InChI=1S/C36H36Cl2FN3O6S/c1-3-24(2)40-36(44)32(20-25-8-5-4-6-9-25)41(22-29-30(37)10-7-11-31(29)38)35(43)23-42(27-14-12-26(39)13-15-27)49(45,46)28-16-17-33-34(21-28)48-19-18-47-33/h4-17,21,24,32H,3,18-20,22-23H2,1-2H3,(H,40,44)/t24-,32+/m0/s1. The summed E-state index contributed by atoms with van der Waals surface area (Å²) < 4.78 is 54.8. The molecule has 258 valence electrons. The highest BCUT2D eigenvalue weighted by Crippen LogP contribution is 2.35. The molecule has 0 unspecified atom stereocenters. The summed E-state index contributed by atoms with van der Waals surface area (Å²) in [5.41, 5.74) is 1.19. The predicted octanol–water partition coefficient (Wildman–Crippen LogP) is 6.65. The van der Waals surface area contributed by atoms with E-state index in [2.05, 4.69) is 5.32 Å². The number of hydrogen-bond acceptors (Lipinski definition) is 6. The molecule has 1 N–H and O–H groups in total. The van der Waals surface area contributed by atoms with E-state index in [0.717, 1.165) is 22.0 Å². The van der Waals surface area contributed by atoms with E-state index >= 15 is 0 Å². The number of halogens is 3. The smallest absolute Gasteiger partial charge is 0.264 e. The second kappa shape index (κ2) is 15.9. The third-order valence-corrected chi connectivity index (χ3v) is 10.6. The van der Waals surface area contributed by atoms with E-state index in [1.165, 1.54) is 35.2 Å². The molecule has 0 radical (unpaired) electrons. The minimum atomic E-state index is -4.47. The highest BCUT2D eigenvalue weighted by atomic mass is 35.5. The number of carbonyl (C=O) groups is 2. The minimum absolute atomic E-state index is 0.0315. The van der Waals surface area contributed by atoms with Gasteiger partial charge in [0.15, 0.2) is 11.5 Å². The third-order valence-electron chi connectivity index (χ3n) is 8.16. The number of carbonyl (C=O) groups excluding carboxylic acids is 2. The van der Waals surface area contributed by atoms with Gasteiger partial charge in [0.05, 0.1) is 10.6 Å². The second-order valence-corrected chi connectivity index (χ2v) is 14.2. The third kappa shape index (κ3) is 8.65. The lowest BCUT2D eigenvalue weighted by Gasteiger charge is -2.34. The van der Waals surface area contributed by atoms with Crippen LogP contribution in [0.1, 0.15) is 31.4 Å². The fourth-order valence-electron chi connectivity index (χ4n) is 5.30. The van der Waals surface area contributed by atoms with Gasteiger partial charge in [0.25, 0.3) is 10.0 Å². The van der Waals surface area contributed by atoms with Crippen LogP contribution in [0.4, 0.5) is 10.1 Å². The normalized spacial score (nSPS) is 13.7. The van der Waals surface area contributed by atoms with Gasteiger partial charge in [0, 0.05) is 40.7 Å². The largest absolute Gasteiger partial charge is 0.486 e. The molecule has 0 fully saturated rings. The molecule has 0 aromatic heterocycles. The van der Waals surface area contributed by atoms with Crippen LogP contribution in [0.25, 0.3) is 0 Å². The van der Waals surface area contributed by atoms with E-state index < -0.39 is 40.2 Å². The quantitative estimate of drug-likeness (QED) is 0.165. The van der Waals surface area contributed by atoms with Crippen molar-refractivity contribution in [1.82, 2.24) is 10.2 Å². The Labute approximate surface area is 295 Å². The van der Waals surface area contributed by atoms with Gasteiger partial charge in [0.1, 0.15) is 31.6 Å². The Morgan fingerprint density at radius 2 is 1.55 bits per heavy atom. The number of sulfonamides is 1. The van der Waals surface area contributed by atoms with Gasteiger partial charge in [-0.1, -0.05) is 66.5 Å². The fraction of sp³-hybridized carbons (Fsp3) is 0.278. The predicted molar refractivity (Wildman–Crippen MR) is 187 cm³/mol. The van der Waals surface area contributed by atoms with Crippen LogP contribution in [0, 0.1) is 5.82 Å². The number of nitrogens with zero attached hydrogens (tertiary/aromatic N) is 2. The summed E-state index contributed by atoms with van der Waals surface area (Å²) in [6.07, 6.45) is 0.753. The summed E-state index contributed by atoms with van der Waals surface area (Å²) >= 11 is 13.1. The van der Waals surface area contributed by atoms with Crippen LogP contribution in [-0.4, -0.2) is 57.0 Å². The summed E-state index contributed by atoms with van der Waals surface area (Å²) in [7, 11) is -4.47. The average Bonchev–Trinajstić information content (AvgIpc) is 3.10. The number of ether oxygens (including phenoxy) is 2. The van der Waals surface area contributed by atoms with Gasteiger partial charge >= 0.3 is 0 Å². The van der Waals surface area contributed by atoms with E-state index in [-0.39, 0.29) is 52.0 Å². The first kappa shape index (κ1) is 36.0. The maximum absolute atomic E-state index is 14.7. The lowest BCUT2D eigenvalue weighted by molar-refractivity contribution is -0.140. The number of hydrogen-bond donors (Lipinski definition) is 1. The first-order valence-electron chi connectivity index (χ1n) is 15.7. The van der Waals surface area contributed by atoms with Crippen LogP contribution in [-0.2, 0) is 32.6 Å². The Kier molecular flexibility index (Phi) is 11.7. The maximum atomic E-state index is 14.7. The molecule has 2 amide bonds. The van der Waals surface area contributed by atoms with E-state index in [0.29, 0.717) is 24.3 Å². The molecule has 5 rings (SSSR count). The summed E-state index contributed by atoms with van der Waals surface area (Å²) in [6.45, 7) is 3.38. The van der Waals surface area contributed by atoms with E-state index in [9.17, 15) is 22.4 Å². The highest BCUT2D eigenvalue weighted by molar-refractivity contribution is 7.92. The van der Waals surface area contributed by atoms with Gasteiger partial charge < -0.3 is 19.7 Å². The molecular formula is C36H36Cl2FN3O6S. The van der Waals surface area contributed by atoms with E-state index in [4.69, 9.17) is 32.7 Å². The zero-order valence-electron chi connectivity index (χ0n) is 26.9. The molecular weight excluding hydrogens is 692 g/mol. The molecule has 4 aromatic carbocycles. The molecule has 4 aromatic rings. The number of rotatable bonds is 13. The van der Waals surface area contributed by atoms with Crippen LogP contribution in [0.3, 0.4) is 0 Å². The topological polar surface area (TPSA) is 105 Å². The van der Waals surface area contributed by atoms with Crippen molar-refractivity contribution < 1.29 is 31.9 Å². The van der Waals surface area contributed by atoms with Crippen molar-refractivity contribution in [3.63, 3.8) is 0 Å². The maximum Gasteiger partial charge on any atom is 0.264 e. The van der Waals surface area contributed by atoms with Gasteiger partial charge in [-0.3, -0.25) is 13.9 Å². The summed E-state index contributed by atoms with van der Waals surface area (Å²) in [5.74, 6) is -1.13. The number of amides is 2. The molecule has 0 saturated heterocycles. The molecule has 0 aliphatic carbocycles. The molecule has 0 spiro atoms. The lowest BCUT2D eigenvalue weighted by atomic mass is 10.0. The van der Waals surface area contributed by atoms with Crippen LogP contribution < -0.4 is 19.1 Å². The average molecular weight is 729 g/mol. The van der Waals surface area contributed by atoms with E-state index in [1.807, 2.05) is 44.2 Å². The second-order valence-electron chi connectivity index (χ2n) is 11.5. The van der Waals surface area contributed by atoms with Gasteiger partial charge in [-0.25, -0.2) is 12.8 Å². The fourth-order valence-corrected chi connectivity index (χ4v) is 7.24. The van der Waals surface area contributed by atoms with Gasteiger partial charge in [0.2, 0.25) is 11.8 Å². The Morgan fingerprint density at radius 1 is 0.898 bits per heavy atom. The number of anilines is 1. The number of nitrogens with one attached hydrogen (secondary N) is 1. The molecule has 1 aliphatic rings. The zero-order valence-corrected chi connectivity index (χ0v) is 29.3. The zero-order chi connectivity index (χ0) is 35.1. The van der Waals surface area contributed by atoms with Crippen molar-refractivity contribution >= 4 is 50.7 Å². The number of benzene rings is 4. The van der Waals surface area contributed by atoms with Crippen LogP contribution >= 0.6 is 23.2 Å². The molecule has 2 atom stereocenters. The minimum Gasteiger partial charge on any atom is -0.486 e. The van der Waals surface area contributed by atoms with Gasteiger partial charge in [-0.2, -0.15) is 0 Å². The Hall–Kier alpha value is -4.32. The SMILES string of the molecule is CC[C@H](C)NC(=O)[C@@H](Cc1ccccc1)N(Cc1c(Cl)cccc1Cl)C(=O)CN(c1ccc(F)cc1)S(=O)(=O)c1ccc2c(c1)OCCO2. The van der Waals surface area contributed by atoms with Gasteiger partial charge in [-0.05, 0) is 67.4 Å². The lowest BCUT2D eigenvalue weighted by Crippen LogP contribution is -2.54. The van der Waals surface area contributed by atoms with Crippen molar-refractivity contribution in [2.24, 2.45) is 0 Å². The Morgan fingerprint density at radius 3 is 2.20 bits per heavy atom. The van der Waals surface area contributed by atoms with Crippen LogP contribution in [0.2, 0.25) is 10.0 Å². The van der Waals surface area contributed by atoms with Gasteiger partial charge in [-0.15, -0.1) is 0 Å². The van der Waals surface area contributed by atoms with Crippen molar-refractivity contribution in [2.75, 3.05) is 24.1 Å². The van der Waals surface area contributed by atoms with Crippen molar-refractivity contribution in [3.05, 3.63) is 118 Å². The first-order chi connectivity index (χ1) is 23.5. The van der Waals surface area contributed by atoms with Crippen molar-refractivity contribution in [3.8, 4) is 11.5 Å². The summed E-state index contributed by atoms with van der Waals surface area (Å²) in [6, 6.07) is 21.7. The van der Waals surface area contributed by atoms with Crippen molar-refractivity contribution in [1.29, 1.82) is 0 Å². The molecule has 0 saturated carbocycles. The Balaban J connectivity index is 1.60. The molecule has 0 bridgehead atoms. The monoisotopic (exact) mass is 727 g/mol. The summed E-state index contributed by atoms with van der Waals surface area (Å²) in [4.78, 5) is 29.8. The Bertz CT molecular complexity index is 1880. The van der Waals surface area contributed by atoms with Crippen molar-refractivity contribution in [2.45, 2.75) is 50.2 Å². The molecule has 49 heavy (non-hydrogen) atoms. The number of fused-ring (bicyclic) bond motifs is 1. The van der Waals surface area contributed by atoms with Crippen LogP contribution in [0.5, 0.6) is 11.5 Å². The van der Waals surface area contributed by atoms with E-state index in [1.54, 1.807) is 18.2 Å². The molecule has 13 heteroatoms. The molecule has 1 heterocycles. The summed E-state index contributed by atoms with van der Waals surface area (Å²) in [5, 5.41) is 3.52. The molecule has 9 nitrogen and oxygen atoms in total. The first-order valence-corrected chi connectivity index (χ1v) is 17.9. The van der Waals surface area contributed by atoms with Crippen LogP contribution in [0.15, 0.2) is 95.9 Å². The molecule has 1 aliphatic heterocycles.